The van der Waals surface area contributed by atoms with E-state index in [9.17, 15) is 4.79 Å². The number of para-hydroxylation sites is 2. The molecule has 0 unspecified atom stereocenters. The Morgan fingerprint density at radius 2 is 1.48 bits per heavy atom. The molecule has 2 aromatic heterocycles. The summed E-state index contributed by atoms with van der Waals surface area (Å²) in [6, 6.07) is 20.3. The quantitative estimate of drug-likeness (QED) is 0.500. The van der Waals surface area contributed by atoms with Crippen LogP contribution in [0.1, 0.15) is 9.67 Å². The molecule has 0 bridgehead atoms. The molecule has 0 fully saturated rings. The van der Waals surface area contributed by atoms with Gasteiger partial charge in [-0.05, 0) is 23.6 Å². The molecule has 0 amide bonds. The number of fused-ring (bicyclic) bond motifs is 3. The molecule has 0 aliphatic carbocycles. The van der Waals surface area contributed by atoms with Crippen molar-refractivity contribution in [3.8, 4) is 0 Å². The molecule has 0 spiro atoms. The first kappa shape index (κ1) is 12.4. The normalized spacial score (nSPS) is 11.2. The number of aromatic nitrogens is 1. The lowest BCUT2D eigenvalue weighted by atomic mass is 10.2. The largest absolute Gasteiger partial charge is 0.333 e. The Kier molecular flexibility index (Phi) is 2.86. The number of carbonyl (C=O) groups is 1. The third-order valence-corrected chi connectivity index (χ3v) is 4.69. The Bertz CT molecular complexity index is 881. The van der Waals surface area contributed by atoms with Crippen molar-refractivity contribution in [2.45, 2.75) is 6.54 Å². The van der Waals surface area contributed by atoms with Gasteiger partial charge >= 0.3 is 0 Å². The zero-order valence-corrected chi connectivity index (χ0v) is 12.1. The van der Waals surface area contributed by atoms with Gasteiger partial charge in [0.05, 0.1) is 11.4 Å². The molecule has 4 aromatic rings. The van der Waals surface area contributed by atoms with Crippen LogP contribution in [0.2, 0.25) is 0 Å². The number of carbonyl (C=O) groups excluding carboxylic acids is 1. The SMILES string of the molecule is O=C(Cn1c2ccccc2c2ccccc21)c1cccs1. The van der Waals surface area contributed by atoms with Gasteiger partial charge in [0.15, 0.2) is 5.78 Å². The minimum atomic E-state index is 0.163. The summed E-state index contributed by atoms with van der Waals surface area (Å²) in [4.78, 5) is 13.3. The minimum absolute atomic E-state index is 0.163. The van der Waals surface area contributed by atoms with Gasteiger partial charge in [0, 0.05) is 21.8 Å². The zero-order valence-electron chi connectivity index (χ0n) is 11.3. The maximum Gasteiger partial charge on any atom is 0.192 e. The van der Waals surface area contributed by atoms with Crippen LogP contribution in [0.15, 0.2) is 66.0 Å². The molecule has 102 valence electrons. The average molecular weight is 291 g/mol. The molecule has 0 aliphatic rings. The van der Waals surface area contributed by atoms with Gasteiger partial charge in [-0.1, -0.05) is 42.5 Å². The van der Waals surface area contributed by atoms with Crippen molar-refractivity contribution < 1.29 is 4.79 Å². The number of thiophene rings is 1. The number of hydrogen-bond acceptors (Lipinski definition) is 2. The molecule has 2 nitrogen and oxygen atoms in total. The summed E-state index contributed by atoms with van der Waals surface area (Å²) < 4.78 is 2.12. The number of benzene rings is 2. The van der Waals surface area contributed by atoms with Crippen molar-refractivity contribution in [2.24, 2.45) is 0 Å². The maximum atomic E-state index is 12.5. The Balaban J connectivity index is 1.92. The number of nitrogens with zero attached hydrogens (tertiary/aromatic N) is 1. The standard InChI is InChI=1S/C18H13NOS/c20-17(18-10-5-11-21-18)12-19-15-8-3-1-6-13(15)14-7-2-4-9-16(14)19/h1-11H,12H2. The lowest BCUT2D eigenvalue weighted by Crippen LogP contribution is -2.08. The fourth-order valence-electron chi connectivity index (χ4n) is 2.83. The van der Waals surface area contributed by atoms with Gasteiger partial charge in [-0.25, -0.2) is 0 Å². The predicted octanol–water partition coefficient (Wildman–Crippen LogP) is 4.74. The molecule has 0 N–H and O–H groups in total. The molecule has 3 heteroatoms. The summed E-state index contributed by atoms with van der Waals surface area (Å²) >= 11 is 1.50. The van der Waals surface area contributed by atoms with Crippen molar-refractivity contribution in [3.05, 3.63) is 70.9 Å². The second-order valence-electron chi connectivity index (χ2n) is 5.02. The van der Waals surface area contributed by atoms with E-state index in [1.54, 1.807) is 0 Å². The molecule has 0 aliphatic heterocycles. The Morgan fingerprint density at radius 1 is 0.857 bits per heavy atom. The van der Waals surface area contributed by atoms with Crippen LogP contribution in [0.25, 0.3) is 21.8 Å². The molecule has 21 heavy (non-hydrogen) atoms. The fourth-order valence-corrected chi connectivity index (χ4v) is 3.49. The van der Waals surface area contributed by atoms with Crippen LogP contribution in [-0.4, -0.2) is 10.4 Å². The van der Waals surface area contributed by atoms with Crippen molar-refractivity contribution in [2.75, 3.05) is 0 Å². The van der Waals surface area contributed by atoms with Crippen LogP contribution in [0.4, 0.5) is 0 Å². The lowest BCUT2D eigenvalue weighted by molar-refractivity contribution is 0.0979. The Hall–Kier alpha value is -2.39. The fraction of sp³-hybridized carbons (Fsp3) is 0.0556. The van der Waals surface area contributed by atoms with Crippen LogP contribution in [-0.2, 0) is 6.54 Å². The highest BCUT2D eigenvalue weighted by Gasteiger charge is 2.14. The minimum Gasteiger partial charge on any atom is -0.333 e. The summed E-state index contributed by atoms with van der Waals surface area (Å²) in [6.07, 6.45) is 0. The highest BCUT2D eigenvalue weighted by atomic mass is 32.1. The van der Waals surface area contributed by atoms with Crippen LogP contribution >= 0.6 is 11.3 Å². The van der Waals surface area contributed by atoms with Crippen LogP contribution < -0.4 is 0 Å². The van der Waals surface area contributed by atoms with Crippen molar-refractivity contribution >= 4 is 38.9 Å². The van der Waals surface area contributed by atoms with E-state index in [0.29, 0.717) is 6.54 Å². The van der Waals surface area contributed by atoms with E-state index in [2.05, 4.69) is 28.8 Å². The first-order chi connectivity index (χ1) is 10.3. The Morgan fingerprint density at radius 3 is 2.05 bits per heavy atom. The third kappa shape index (κ3) is 1.98. The van der Waals surface area contributed by atoms with Gasteiger partial charge in [0.2, 0.25) is 0 Å². The first-order valence-electron chi connectivity index (χ1n) is 6.87. The van der Waals surface area contributed by atoms with Crippen LogP contribution in [0.3, 0.4) is 0 Å². The second-order valence-corrected chi connectivity index (χ2v) is 5.97. The van der Waals surface area contributed by atoms with E-state index in [1.165, 1.54) is 22.1 Å². The molecule has 0 radical (unpaired) electrons. The van der Waals surface area contributed by atoms with Crippen molar-refractivity contribution in [3.63, 3.8) is 0 Å². The highest BCUT2D eigenvalue weighted by molar-refractivity contribution is 7.12. The summed E-state index contributed by atoms with van der Waals surface area (Å²) in [7, 11) is 0. The zero-order chi connectivity index (χ0) is 14.2. The average Bonchev–Trinajstić information content (AvgIpc) is 3.15. The van der Waals surface area contributed by atoms with Gasteiger partial charge < -0.3 is 4.57 Å². The van der Waals surface area contributed by atoms with E-state index in [1.807, 2.05) is 41.8 Å². The third-order valence-electron chi connectivity index (χ3n) is 3.78. The molecular formula is C18H13NOS. The van der Waals surface area contributed by atoms with Crippen LogP contribution in [0, 0.1) is 0 Å². The van der Waals surface area contributed by atoms with E-state index in [4.69, 9.17) is 0 Å². The Labute approximate surface area is 126 Å². The molecule has 0 atom stereocenters. The van der Waals surface area contributed by atoms with Gasteiger partial charge in [0.25, 0.3) is 0 Å². The van der Waals surface area contributed by atoms with Gasteiger partial charge in [-0.2, -0.15) is 0 Å². The molecular weight excluding hydrogens is 278 g/mol. The molecule has 2 aromatic carbocycles. The molecule has 4 rings (SSSR count). The lowest BCUT2D eigenvalue weighted by Gasteiger charge is -2.05. The van der Waals surface area contributed by atoms with E-state index >= 15 is 0 Å². The van der Waals surface area contributed by atoms with E-state index in [0.717, 1.165) is 15.9 Å². The predicted molar refractivity (Wildman–Crippen MR) is 88.1 cm³/mol. The van der Waals surface area contributed by atoms with Gasteiger partial charge in [0.1, 0.15) is 0 Å². The van der Waals surface area contributed by atoms with Crippen molar-refractivity contribution in [1.82, 2.24) is 4.57 Å². The van der Waals surface area contributed by atoms with Gasteiger partial charge in [-0.3, -0.25) is 4.79 Å². The number of Topliss-reactive ketones (excluding diaryl/α,β-unsaturated/α-hetero) is 1. The first-order valence-corrected chi connectivity index (χ1v) is 7.75. The molecule has 0 saturated heterocycles. The highest BCUT2D eigenvalue weighted by Crippen LogP contribution is 2.29. The summed E-state index contributed by atoms with van der Waals surface area (Å²) in [5.74, 6) is 0.163. The number of rotatable bonds is 3. The van der Waals surface area contributed by atoms with Crippen molar-refractivity contribution in [1.29, 1.82) is 0 Å². The maximum absolute atomic E-state index is 12.5. The second kappa shape index (κ2) is 4.86. The monoisotopic (exact) mass is 291 g/mol. The van der Waals surface area contributed by atoms with Gasteiger partial charge in [-0.15, -0.1) is 11.3 Å². The smallest absolute Gasteiger partial charge is 0.192 e. The topological polar surface area (TPSA) is 22.0 Å². The number of hydrogen-bond donors (Lipinski definition) is 0. The molecule has 0 saturated carbocycles. The van der Waals surface area contributed by atoms with Crippen LogP contribution in [0.5, 0.6) is 0 Å². The summed E-state index contributed by atoms with van der Waals surface area (Å²) in [5.41, 5.74) is 2.23. The molecule has 2 heterocycles. The number of ketones is 1. The summed E-state index contributed by atoms with van der Waals surface area (Å²) in [6.45, 7) is 0.383. The summed E-state index contributed by atoms with van der Waals surface area (Å²) in [5, 5.41) is 4.35. The van der Waals surface area contributed by atoms with E-state index in [-0.39, 0.29) is 5.78 Å². The van der Waals surface area contributed by atoms with E-state index < -0.39 is 0 Å².